The van der Waals surface area contributed by atoms with E-state index in [0.29, 0.717) is 5.56 Å². The first-order valence-corrected chi connectivity index (χ1v) is 9.01. The molecule has 1 atom stereocenters. The zero-order valence-electron chi connectivity index (χ0n) is 13.1. The smallest absolute Gasteiger partial charge is 0.334 e. The van der Waals surface area contributed by atoms with Crippen molar-refractivity contribution in [2.75, 3.05) is 6.26 Å². The van der Waals surface area contributed by atoms with Gasteiger partial charge in [0.25, 0.3) is 5.91 Å². The van der Waals surface area contributed by atoms with Crippen molar-refractivity contribution in [1.82, 2.24) is 5.32 Å². The fourth-order valence-corrected chi connectivity index (χ4v) is 2.87. The molecule has 0 radical (unpaired) electrons. The third-order valence-corrected chi connectivity index (χ3v) is 4.61. The molecule has 0 spiro atoms. The highest BCUT2D eigenvalue weighted by Gasteiger charge is 2.41. The lowest BCUT2D eigenvalue weighted by atomic mass is 9.87. The molecule has 0 bridgehead atoms. The number of rotatable bonds is 6. The summed E-state index contributed by atoms with van der Waals surface area (Å²) in [4.78, 5) is 24.2. The Hall–Kier alpha value is -2.61. The third-order valence-electron chi connectivity index (χ3n) is 3.66. The summed E-state index contributed by atoms with van der Waals surface area (Å²) in [7, 11) is -3.60. The Morgan fingerprint density at radius 3 is 2.25 bits per heavy atom. The number of carbonyl (C=O) groups is 2. The molecule has 1 aromatic heterocycles. The molecule has 24 heavy (non-hydrogen) atoms. The summed E-state index contributed by atoms with van der Waals surface area (Å²) in [6.07, 6.45) is 1.04. The van der Waals surface area contributed by atoms with E-state index in [1.54, 1.807) is 37.3 Å². The Labute approximate surface area is 139 Å². The minimum atomic E-state index is -3.60. The summed E-state index contributed by atoms with van der Waals surface area (Å²) in [6, 6.07) is 10.6. The van der Waals surface area contributed by atoms with Crippen molar-refractivity contribution in [3.8, 4) is 0 Å². The lowest BCUT2D eigenvalue weighted by molar-refractivity contribution is -0.145. The van der Waals surface area contributed by atoms with Crippen LogP contribution in [0.3, 0.4) is 0 Å². The molecule has 1 unspecified atom stereocenters. The molecule has 0 saturated carbocycles. The monoisotopic (exact) mass is 351 g/mol. The van der Waals surface area contributed by atoms with Crippen LogP contribution in [0.1, 0.15) is 29.5 Å². The zero-order chi connectivity index (χ0) is 18.0. The maximum Gasteiger partial charge on any atom is 0.334 e. The van der Waals surface area contributed by atoms with Gasteiger partial charge in [0, 0.05) is 6.26 Å². The molecule has 1 aromatic carbocycles. The van der Waals surface area contributed by atoms with Gasteiger partial charge in [-0.25, -0.2) is 13.2 Å². The lowest BCUT2D eigenvalue weighted by Crippen LogP contribution is -2.51. The van der Waals surface area contributed by atoms with Crippen LogP contribution in [-0.2, 0) is 20.2 Å². The lowest BCUT2D eigenvalue weighted by Gasteiger charge is -2.29. The highest BCUT2D eigenvalue weighted by Crippen LogP contribution is 2.26. The molecule has 1 amide bonds. The average Bonchev–Trinajstić information content (AvgIpc) is 3.03. The van der Waals surface area contributed by atoms with Crippen molar-refractivity contribution >= 4 is 21.7 Å². The van der Waals surface area contributed by atoms with Gasteiger partial charge in [-0.15, -0.1) is 0 Å². The Balaban J connectivity index is 2.39. The van der Waals surface area contributed by atoms with Gasteiger partial charge in [-0.05, 0) is 24.1 Å². The normalized spacial score (nSPS) is 13.9. The van der Waals surface area contributed by atoms with E-state index < -0.39 is 27.3 Å². The van der Waals surface area contributed by atoms with Crippen molar-refractivity contribution in [3.63, 3.8) is 0 Å². The van der Waals surface area contributed by atoms with E-state index >= 15 is 0 Å². The molecule has 0 aliphatic carbocycles. The number of amides is 1. The summed E-state index contributed by atoms with van der Waals surface area (Å²) in [6.45, 7) is 1.63. The second-order valence-corrected chi connectivity index (χ2v) is 7.22. The van der Waals surface area contributed by atoms with Crippen LogP contribution in [0.2, 0.25) is 0 Å². The summed E-state index contributed by atoms with van der Waals surface area (Å²) < 4.78 is 27.9. The standard InChI is InChI=1S/C16H17NO6S/c1-3-16(15(19)20,11-7-5-4-6-8-11)17-14(18)12-9-10-13(23-12)24(2,21)22/h4-10H,3H2,1-2H3,(H,17,18)(H,19,20). The Morgan fingerprint density at radius 2 is 1.79 bits per heavy atom. The van der Waals surface area contributed by atoms with Crippen LogP contribution in [0.15, 0.2) is 52.0 Å². The minimum absolute atomic E-state index is 0.0950. The molecular weight excluding hydrogens is 334 g/mol. The number of carboxylic acid groups (broad SMARTS) is 1. The van der Waals surface area contributed by atoms with Gasteiger partial charge in [0.1, 0.15) is 0 Å². The maximum atomic E-state index is 12.4. The first-order chi connectivity index (χ1) is 11.2. The highest BCUT2D eigenvalue weighted by molar-refractivity contribution is 7.90. The molecule has 1 heterocycles. The molecular formula is C16H17NO6S. The van der Waals surface area contributed by atoms with Gasteiger partial charge in [0.2, 0.25) is 14.9 Å². The van der Waals surface area contributed by atoms with Gasteiger partial charge in [0.05, 0.1) is 0 Å². The van der Waals surface area contributed by atoms with E-state index in [-0.39, 0.29) is 17.3 Å². The van der Waals surface area contributed by atoms with Crippen molar-refractivity contribution in [2.45, 2.75) is 24.0 Å². The predicted molar refractivity (Wildman–Crippen MR) is 85.3 cm³/mol. The minimum Gasteiger partial charge on any atom is -0.479 e. The van der Waals surface area contributed by atoms with Crippen LogP contribution < -0.4 is 5.32 Å². The van der Waals surface area contributed by atoms with Crippen molar-refractivity contribution in [3.05, 3.63) is 53.8 Å². The van der Waals surface area contributed by atoms with Crippen LogP contribution in [0, 0.1) is 0 Å². The van der Waals surface area contributed by atoms with Gasteiger partial charge in [0.15, 0.2) is 11.3 Å². The molecule has 128 valence electrons. The number of sulfone groups is 1. The number of hydrogen-bond acceptors (Lipinski definition) is 5. The molecule has 0 saturated heterocycles. The van der Waals surface area contributed by atoms with E-state index in [9.17, 15) is 23.1 Å². The predicted octanol–water partition coefficient (Wildman–Crippen LogP) is 1.80. The summed E-state index contributed by atoms with van der Waals surface area (Å²) in [5.41, 5.74) is -1.24. The maximum absolute atomic E-state index is 12.4. The van der Waals surface area contributed by atoms with E-state index in [1.807, 2.05) is 0 Å². The van der Waals surface area contributed by atoms with E-state index in [0.717, 1.165) is 12.3 Å². The van der Waals surface area contributed by atoms with Crippen molar-refractivity contribution in [2.24, 2.45) is 0 Å². The first-order valence-electron chi connectivity index (χ1n) is 7.12. The third kappa shape index (κ3) is 3.33. The van der Waals surface area contributed by atoms with Crippen LogP contribution in [-0.4, -0.2) is 31.7 Å². The van der Waals surface area contributed by atoms with Gasteiger partial charge < -0.3 is 14.8 Å². The molecule has 2 N–H and O–H groups in total. The quantitative estimate of drug-likeness (QED) is 0.820. The fraction of sp³-hybridized carbons (Fsp3) is 0.250. The van der Waals surface area contributed by atoms with Crippen molar-refractivity contribution in [1.29, 1.82) is 0 Å². The van der Waals surface area contributed by atoms with Gasteiger partial charge in [-0.2, -0.15) is 0 Å². The first kappa shape index (κ1) is 17.7. The summed E-state index contributed by atoms with van der Waals surface area (Å²) >= 11 is 0. The Kier molecular flexibility index (Phi) is 4.79. The molecule has 2 rings (SSSR count). The molecule has 8 heteroatoms. The van der Waals surface area contributed by atoms with Crippen LogP contribution >= 0.6 is 0 Å². The topological polar surface area (TPSA) is 114 Å². The van der Waals surface area contributed by atoms with Crippen LogP contribution in [0.5, 0.6) is 0 Å². The Bertz CT molecular complexity index is 856. The van der Waals surface area contributed by atoms with Gasteiger partial charge >= 0.3 is 5.97 Å². The fourth-order valence-electron chi connectivity index (χ4n) is 2.31. The highest BCUT2D eigenvalue weighted by atomic mass is 32.2. The van der Waals surface area contributed by atoms with Crippen LogP contribution in [0.25, 0.3) is 0 Å². The largest absolute Gasteiger partial charge is 0.479 e. The number of furan rings is 1. The van der Waals surface area contributed by atoms with Gasteiger partial charge in [-0.1, -0.05) is 37.3 Å². The summed E-state index contributed by atoms with van der Waals surface area (Å²) in [5.74, 6) is -2.30. The summed E-state index contributed by atoms with van der Waals surface area (Å²) in [5, 5.41) is 11.8. The van der Waals surface area contributed by atoms with Crippen molar-refractivity contribution < 1.29 is 27.5 Å². The molecule has 2 aromatic rings. The molecule has 0 aliphatic heterocycles. The molecule has 0 fully saturated rings. The number of benzene rings is 1. The second kappa shape index (κ2) is 6.48. The number of carbonyl (C=O) groups excluding carboxylic acids is 1. The number of nitrogens with one attached hydrogen (secondary N) is 1. The Morgan fingerprint density at radius 1 is 1.17 bits per heavy atom. The molecule has 7 nitrogen and oxygen atoms in total. The average molecular weight is 351 g/mol. The number of carboxylic acids is 1. The van der Waals surface area contributed by atoms with E-state index in [4.69, 9.17) is 4.42 Å². The number of hydrogen-bond donors (Lipinski definition) is 2. The second-order valence-electron chi connectivity index (χ2n) is 5.28. The van der Waals surface area contributed by atoms with Crippen LogP contribution in [0.4, 0.5) is 0 Å². The van der Waals surface area contributed by atoms with E-state index in [2.05, 4.69) is 5.32 Å². The number of aliphatic carboxylic acids is 1. The molecule has 0 aliphatic rings. The zero-order valence-corrected chi connectivity index (χ0v) is 14.0. The van der Waals surface area contributed by atoms with E-state index in [1.165, 1.54) is 6.07 Å². The van der Waals surface area contributed by atoms with Gasteiger partial charge in [-0.3, -0.25) is 4.79 Å². The SMILES string of the molecule is CCC(NC(=O)c1ccc(S(C)(=O)=O)o1)(C(=O)O)c1ccccc1.